The molecule has 0 heterocycles. The van der Waals surface area contributed by atoms with Crippen LogP contribution >= 0.6 is 0 Å². The number of hydrazine groups is 1. The second-order valence-electron chi connectivity index (χ2n) is 7.00. The molecule has 0 atom stereocenters. The fraction of sp³-hybridized carbons (Fsp3) is 0.0435. The first-order valence-corrected chi connectivity index (χ1v) is 11.0. The number of ether oxygens (including phenoxy) is 1. The highest BCUT2D eigenvalue weighted by Gasteiger charge is 2.24. The van der Waals surface area contributed by atoms with Gasteiger partial charge in [0.05, 0.1) is 29.9 Å². The zero-order valence-corrected chi connectivity index (χ0v) is 17.9. The summed E-state index contributed by atoms with van der Waals surface area (Å²) in [5.74, 6) is 0.368. The topological polar surface area (TPSA) is 125 Å². The number of aromatic hydroxyl groups is 1. The van der Waals surface area contributed by atoms with Crippen molar-refractivity contribution in [1.82, 2.24) is 0 Å². The number of para-hydroxylation sites is 2. The van der Waals surface area contributed by atoms with Crippen LogP contribution in [0.5, 0.6) is 11.5 Å². The normalized spacial score (nSPS) is 11.3. The Kier molecular flexibility index (Phi) is 5.52. The highest BCUT2D eigenvalue weighted by atomic mass is 32.2. The van der Waals surface area contributed by atoms with Gasteiger partial charge in [-0.15, -0.1) is 0 Å². The molecule has 9 heteroatoms. The largest absolute Gasteiger partial charge is 0.507 e. The maximum absolute atomic E-state index is 12.2. The average molecular weight is 452 g/mol. The van der Waals surface area contributed by atoms with E-state index in [1.54, 1.807) is 42.5 Å². The first kappa shape index (κ1) is 21.3. The van der Waals surface area contributed by atoms with E-state index in [1.807, 2.05) is 12.1 Å². The molecule has 32 heavy (non-hydrogen) atoms. The van der Waals surface area contributed by atoms with Crippen molar-refractivity contribution in [2.45, 2.75) is 4.90 Å². The molecule has 0 saturated carbocycles. The molecule has 0 aliphatic carbocycles. The standard InChI is InChI=1S/C23H21N3O5S/c1-31-16-12-13-22(32(28,29)30)20(14-16)26(25-18-9-3-2-8-17(18)24)19-10-4-6-15-7-5-11-21(27)23(15)19/h2-14,25,27H,24H2,1H3,(H,28,29,30). The Bertz CT molecular complexity index is 1400. The molecule has 0 aliphatic rings. The van der Waals surface area contributed by atoms with Crippen molar-refractivity contribution in [2.24, 2.45) is 0 Å². The summed E-state index contributed by atoms with van der Waals surface area (Å²) in [4.78, 5) is -0.354. The van der Waals surface area contributed by atoms with Crippen LogP contribution in [-0.2, 0) is 10.1 Å². The predicted octanol–water partition coefficient (Wildman–Crippen LogP) is 4.55. The summed E-state index contributed by atoms with van der Waals surface area (Å²) in [6, 6.07) is 21.5. The van der Waals surface area contributed by atoms with Crippen LogP contribution in [0.25, 0.3) is 10.8 Å². The maximum Gasteiger partial charge on any atom is 0.296 e. The van der Waals surface area contributed by atoms with Crippen molar-refractivity contribution in [3.63, 3.8) is 0 Å². The minimum atomic E-state index is -4.61. The monoisotopic (exact) mass is 451 g/mol. The van der Waals surface area contributed by atoms with Crippen molar-refractivity contribution >= 4 is 43.6 Å². The van der Waals surface area contributed by atoms with Gasteiger partial charge >= 0.3 is 0 Å². The van der Waals surface area contributed by atoms with Crippen LogP contribution < -0.4 is 20.9 Å². The number of anilines is 4. The number of hydrogen-bond acceptors (Lipinski definition) is 7. The zero-order chi connectivity index (χ0) is 22.9. The van der Waals surface area contributed by atoms with E-state index in [-0.39, 0.29) is 16.3 Å². The molecule has 0 bridgehead atoms. The van der Waals surface area contributed by atoms with Crippen LogP contribution in [0, 0.1) is 0 Å². The van der Waals surface area contributed by atoms with Crippen molar-refractivity contribution in [1.29, 1.82) is 0 Å². The average Bonchev–Trinajstić information content (AvgIpc) is 2.77. The quantitative estimate of drug-likeness (QED) is 0.191. The summed E-state index contributed by atoms with van der Waals surface area (Å²) < 4.78 is 39.7. The molecule has 0 saturated heterocycles. The van der Waals surface area contributed by atoms with E-state index in [0.717, 1.165) is 5.39 Å². The summed E-state index contributed by atoms with van der Waals surface area (Å²) in [7, 11) is -3.16. The minimum Gasteiger partial charge on any atom is -0.507 e. The summed E-state index contributed by atoms with van der Waals surface area (Å²) in [5, 5.41) is 13.3. The van der Waals surface area contributed by atoms with Crippen LogP contribution in [0.3, 0.4) is 0 Å². The van der Waals surface area contributed by atoms with E-state index < -0.39 is 10.1 Å². The lowest BCUT2D eigenvalue weighted by atomic mass is 10.1. The van der Waals surface area contributed by atoms with Gasteiger partial charge in [0.15, 0.2) is 0 Å². The zero-order valence-electron chi connectivity index (χ0n) is 17.1. The Morgan fingerprint density at radius 1 is 0.938 bits per heavy atom. The molecule has 4 aromatic rings. The van der Waals surface area contributed by atoms with Crippen LogP contribution in [0.4, 0.5) is 22.7 Å². The number of fused-ring (bicyclic) bond motifs is 1. The summed E-state index contributed by atoms with van der Waals surface area (Å²) in [6.07, 6.45) is 0. The molecule has 0 amide bonds. The van der Waals surface area contributed by atoms with E-state index in [4.69, 9.17) is 10.5 Å². The van der Waals surface area contributed by atoms with Crippen molar-refractivity contribution < 1.29 is 22.8 Å². The van der Waals surface area contributed by atoms with Gasteiger partial charge in [0.2, 0.25) is 0 Å². The van der Waals surface area contributed by atoms with E-state index >= 15 is 0 Å². The van der Waals surface area contributed by atoms with Gasteiger partial charge in [0.1, 0.15) is 16.4 Å². The van der Waals surface area contributed by atoms with Gasteiger partial charge < -0.3 is 15.6 Å². The first-order valence-electron chi connectivity index (χ1n) is 9.57. The molecule has 0 radical (unpaired) electrons. The van der Waals surface area contributed by atoms with Crippen molar-refractivity contribution in [3.8, 4) is 11.5 Å². The maximum atomic E-state index is 12.2. The molecule has 0 fully saturated rings. The van der Waals surface area contributed by atoms with Crippen molar-refractivity contribution in [2.75, 3.05) is 23.3 Å². The molecule has 8 nitrogen and oxygen atoms in total. The number of phenols is 1. The summed E-state index contributed by atoms with van der Waals surface area (Å²) >= 11 is 0. The molecule has 4 aromatic carbocycles. The smallest absolute Gasteiger partial charge is 0.296 e. The van der Waals surface area contributed by atoms with Gasteiger partial charge in [0.25, 0.3) is 10.1 Å². The Morgan fingerprint density at radius 2 is 1.66 bits per heavy atom. The molecule has 0 spiro atoms. The fourth-order valence-corrected chi connectivity index (χ4v) is 4.13. The third kappa shape index (κ3) is 3.98. The molecule has 0 aliphatic heterocycles. The number of benzene rings is 4. The van der Waals surface area contributed by atoms with Gasteiger partial charge in [0, 0.05) is 11.5 Å². The minimum absolute atomic E-state index is 0.00207. The summed E-state index contributed by atoms with van der Waals surface area (Å²) in [5.41, 5.74) is 10.7. The number of methoxy groups -OCH3 is 1. The number of nitrogens with two attached hydrogens (primary N) is 1. The lowest BCUT2D eigenvalue weighted by molar-refractivity contribution is 0.414. The Labute approximate surface area is 185 Å². The Morgan fingerprint density at radius 3 is 2.34 bits per heavy atom. The lowest BCUT2D eigenvalue weighted by Gasteiger charge is -2.30. The van der Waals surface area contributed by atoms with Gasteiger partial charge in [-0.1, -0.05) is 36.4 Å². The van der Waals surface area contributed by atoms with Crippen LogP contribution in [0.1, 0.15) is 0 Å². The Balaban J connectivity index is 2.05. The third-order valence-electron chi connectivity index (χ3n) is 4.98. The summed E-state index contributed by atoms with van der Waals surface area (Å²) in [6.45, 7) is 0. The van der Waals surface area contributed by atoms with Crippen LogP contribution in [0.15, 0.2) is 83.8 Å². The predicted molar refractivity (Wildman–Crippen MR) is 125 cm³/mol. The van der Waals surface area contributed by atoms with E-state index in [0.29, 0.717) is 28.2 Å². The lowest BCUT2D eigenvalue weighted by Crippen LogP contribution is -2.27. The number of nitrogens with zero attached hydrogens (tertiary/aromatic N) is 1. The van der Waals surface area contributed by atoms with E-state index in [9.17, 15) is 18.1 Å². The molecular weight excluding hydrogens is 430 g/mol. The fourth-order valence-electron chi connectivity index (χ4n) is 3.47. The molecule has 0 unspecified atom stereocenters. The third-order valence-corrected chi connectivity index (χ3v) is 5.88. The van der Waals surface area contributed by atoms with E-state index in [2.05, 4.69) is 5.43 Å². The van der Waals surface area contributed by atoms with Gasteiger partial charge in [-0.2, -0.15) is 8.42 Å². The van der Waals surface area contributed by atoms with E-state index in [1.165, 1.54) is 36.4 Å². The number of nitrogens with one attached hydrogen (secondary N) is 1. The van der Waals surface area contributed by atoms with Gasteiger partial charge in [-0.3, -0.25) is 15.0 Å². The highest BCUT2D eigenvalue weighted by Crippen LogP contribution is 2.41. The second kappa shape index (κ2) is 8.29. The molecule has 0 aromatic heterocycles. The highest BCUT2D eigenvalue weighted by molar-refractivity contribution is 7.86. The van der Waals surface area contributed by atoms with Crippen molar-refractivity contribution in [3.05, 3.63) is 78.9 Å². The van der Waals surface area contributed by atoms with Crippen LogP contribution in [0.2, 0.25) is 0 Å². The first-order chi connectivity index (χ1) is 15.3. The SMILES string of the molecule is COc1ccc(S(=O)(=O)O)c(N(Nc2ccccc2N)c2cccc3cccc(O)c23)c1. The molecular formula is C23H21N3O5S. The second-order valence-corrected chi connectivity index (χ2v) is 8.39. The van der Waals surface area contributed by atoms with Gasteiger partial charge in [-0.05, 0) is 41.8 Å². The molecule has 5 N–H and O–H groups in total. The number of nitrogen functional groups attached to an aromatic ring is 1. The molecule has 164 valence electrons. The number of hydrogen-bond donors (Lipinski definition) is 4. The Hall–Kier alpha value is -3.95. The van der Waals surface area contributed by atoms with Gasteiger partial charge in [-0.25, -0.2) is 0 Å². The number of phenolic OH excluding ortho intramolecular Hbond substituents is 1. The molecule has 4 rings (SSSR count). The number of rotatable bonds is 6. The van der Waals surface area contributed by atoms with Crippen LogP contribution in [-0.4, -0.2) is 25.2 Å².